The van der Waals surface area contributed by atoms with Crippen LogP contribution in [0.25, 0.3) is 0 Å². The third-order valence-corrected chi connectivity index (χ3v) is 14.2. The predicted molar refractivity (Wildman–Crippen MR) is 55.2 cm³/mol. The first-order chi connectivity index (χ1) is 5.95. The first-order valence-electron chi connectivity index (χ1n) is 4.02. The van der Waals surface area contributed by atoms with E-state index in [1.807, 2.05) is 0 Å². The van der Waals surface area contributed by atoms with Crippen molar-refractivity contribution >= 4 is 34.1 Å². The molecule has 0 saturated carbocycles. The van der Waals surface area contributed by atoms with Crippen LogP contribution >= 0.6 is 0 Å². The van der Waals surface area contributed by atoms with Crippen LogP contribution in [0, 0.1) is 0 Å². The van der Waals surface area contributed by atoms with Crippen molar-refractivity contribution in [3.05, 3.63) is 43.7 Å². The van der Waals surface area contributed by atoms with E-state index in [0.29, 0.717) is 0 Å². The molecule has 0 bridgehead atoms. The van der Waals surface area contributed by atoms with Crippen molar-refractivity contribution in [1.82, 2.24) is 0 Å². The van der Waals surface area contributed by atoms with Crippen molar-refractivity contribution < 1.29 is 0 Å². The molecule has 0 aromatic carbocycles. The van der Waals surface area contributed by atoms with Crippen LogP contribution in [0.4, 0.5) is 0 Å². The first-order valence-corrected chi connectivity index (χ1v) is 13.7. The van der Waals surface area contributed by atoms with Gasteiger partial charge in [0.05, 0.1) is 0 Å². The summed E-state index contributed by atoms with van der Waals surface area (Å²) in [6.07, 6.45) is 16.3. The molecule has 0 unspecified atom stereocenters. The Hall–Kier alpha value is 0.539. The van der Waals surface area contributed by atoms with Crippen molar-refractivity contribution in [3.63, 3.8) is 0 Å². The van der Waals surface area contributed by atoms with E-state index in [1.165, 1.54) is 12.8 Å². The summed E-state index contributed by atoms with van der Waals surface area (Å²) in [6.45, 7) is 0. The molecule has 0 saturated heterocycles. The van der Waals surface area contributed by atoms with Crippen molar-refractivity contribution in [3.8, 4) is 0 Å². The molecule has 12 heavy (non-hydrogen) atoms. The van der Waals surface area contributed by atoms with Crippen molar-refractivity contribution in [2.24, 2.45) is 0 Å². The molecule has 2 aliphatic rings. The van der Waals surface area contributed by atoms with Crippen LogP contribution in [0.15, 0.2) is 43.7 Å². The summed E-state index contributed by atoms with van der Waals surface area (Å²) in [7, 11) is 0. The molecular formula is C10H10Te2. The predicted octanol–water partition coefficient (Wildman–Crippen LogP) is 2.00. The number of allylic oxidation sites excluding steroid dienone is 8. The molecule has 0 radical (unpaired) electrons. The molecule has 0 N–H and O–H groups in total. The molecule has 0 heterocycles. The van der Waals surface area contributed by atoms with E-state index in [4.69, 9.17) is 0 Å². The summed E-state index contributed by atoms with van der Waals surface area (Å²) >= 11 is 0.476. The van der Waals surface area contributed by atoms with Gasteiger partial charge in [-0.3, -0.25) is 0 Å². The fraction of sp³-hybridized carbons (Fsp3) is 0.200. The second-order valence-electron chi connectivity index (χ2n) is 2.68. The maximum atomic E-state index is 2.41. The molecule has 2 heteroatoms. The van der Waals surface area contributed by atoms with Gasteiger partial charge in [-0.2, -0.15) is 0 Å². The van der Waals surface area contributed by atoms with Crippen molar-refractivity contribution in [1.29, 1.82) is 0 Å². The van der Waals surface area contributed by atoms with Crippen LogP contribution in [0.1, 0.15) is 12.8 Å². The summed E-state index contributed by atoms with van der Waals surface area (Å²) in [6, 6.07) is 0. The van der Waals surface area contributed by atoms with Crippen LogP contribution in [-0.4, -0.2) is 34.1 Å². The average molecular weight is 385 g/mol. The Labute approximate surface area is 89.8 Å². The van der Waals surface area contributed by atoms with Crippen LogP contribution in [0.5, 0.6) is 0 Å². The Morgan fingerprint density at radius 3 is 2.83 bits per heavy atom. The zero-order valence-corrected chi connectivity index (χ0v) is 11.4. The summed E-state index contributed by atoms with van der Waals surface area (Å²) in [5, 5.41) is 0. The van der Waals surface area contributed by atoms with Gasteiger partial charge in [0.1, 0.15) is 0 Å². The second kappa shape index (κ2) is 4.69. The van der Waals surface area contributed by atoms with E-state index in [-0.39, 0.29) is 34.1 Å². The minimum absolute atomic E-state index is 0.231. The van der Waals surface area contributed by atoms with Gasteiger partial charge in [0, 0.05) is 0 Å². The molecule has 0 aliphatic heterocycles. The van der Waals surface area contributed by atoms with E-state index in [1.54, 1.807) is 7.24 Å². The second-order valence-corrected chi connectivity index (χ2v) is 12.9. The van der Waals surface area contributed by atoms with Gasteiger partial charge in [-0.1, -0.05) is 0 Å². The fourth-order valence-corrected chi connectivity index (χ4v) is 12.0. The Morgan fingerprint density at radius 1 is 1.17 bits per heavy atom. The Balaban J connectivity index is 1.78. The summed E-state index contributed by atoms with van der Waals surface area (Å²) in [5.41, 5.74) is 0. The molecular weight excluding hydrogens is 375 g/mol. The molecule has 0 spiro atoms. The zero-order chi connectivity index (χ0) is 8.23. The molecule has 62 valence electrons. The Morgan fingerprint density at radius 2 is 2.17 bits per heavy atom. The van der Waals surface area contributed by atoms with Gasteiger partial charge in [0.15, 0.2) is 0 Å². The van der Waals surface area contributed by atoms with Crippen molar-refractivity contribution in [2.75, 3.05) is 0 Å². The number of hydrogen-bond acceptors (Lipinski definition) is 0. The van der Waals surface area contributed by atoms with Gasteiger partial charge in [-0.05, 0) is 0 Å². The van der Waals surface area contributed by atoms with Gasteiger partial charge in [0.2, 0.25) is 0 Å². The summed E-state index contributed by atoms with van der Waals surface area (Å²) in [5.74, 6) is 0. The van der Waals surface area contributed by atoms with Crippen LogP contribution in [-0.2, 0) is 0 Å². The van der Waals surface area contributed by atoms with Gasteiger partial charge >= 0.3 is 90.7 Å². The third-order valence-electron chi connectivity index (χ3n) is 1.72. The SMILES string of the molecule is C1=CCC([Te][Te]C2=CCC=C2)=C1. The molecule has 0 fully saturated rings. The van der Waals surface area contributed by atoms with Gasteiger partial charge in [0.25, 0.3) is 0 Å². The molecule has 0 nitrogen and oxygen atoms in total. The summed E-state index contributed by atoms with van der Waals surface area (Å²) in [4.78, 5) is 0. The molecule has 0 aromatic rings. The van der Waals surface area contributed by atoms with E-state index < -0.39 is 0 Å². The van der Waals surface area contributed by atoms with Crippen LogP contribution in [0.3, 0.4) is 0 Å². The van der Waals surface area contributed by atoms with E-state index in [0.717, 1.165) is 0 Å². The fourth-order valence-electron chi connectivity index (χ4n) is 1.09. The molecule has 2 aliphatic carbocycles. The normalized spacial score (nSPS) is 20.0. The average Bonchev–Trinajstić information content (AvgIpc) is 2.74. The number of rotatable bonds is 3. The Kier molecular flexibility index (Phi) is 3.56. The summed E-state index contributed by atoms with van der Waals surface area (Å²) < 4.78 is 3.47. The van der Waals surface area contributed by atoms with E-state index >= 15 is 0 Å². The molecule has 2 rings (SSSR count). The van der Waals surface area contributed by atoms with Crippen LogP contribution in [0.2, 0.25) is 0 Å². The topological polar surface area (TPSA) is 0 Å². The Bertz CT molecular complexity index is 282. The first kappa shape index (κ1) is 9.11. The maximum absolute atomic E-state index is 2.41. The van der Waals surface area contributed by atoms with Gasteiger partial charge in [-0.25, -0.2) is 0 Å². The van der Waals surface area contributed by atoms with E-state index in [2.05, 4.69) is 36.5 Å². The quantitative estimate of drug-likeness (QED) is 0.652. The van der Waals surface area contributed by atoms with Crippen molar-refractivity contribution in [2.45, 2.75) is 12.8 Å². The molecule has 0 aromatic heterocycles. The zero-order valence-electron chi connectivity index (χ0n) is 6.69. The van der Waals surface area contributed by atoms with Gasteiger partial charge < -0.3 is 0 Å². The standard InChI is InChI=1S/C10H10Te2/c1-2-6-9(5-1)11-12-10-7-3-4-8-10/h1-3,5,7-8H,4,6H2. The van der Waals surface area contributed by atoms with E-state index in [9.17, 15) is 0 Å². The van der Waals surface area contributed by atoms with Gasteiger partial charge in [-0.15, -0.1) is 0 Å². The molecule has 0 amide bonds. The third kappa shape index (κ3) is 2.51. The minimum atomic E-state index is 0.231. The molecule has 0 atom stereocenters. The number of hydrogen-bond donors (Lipinski definition) is 0. The van der Waals surface area contributed by atoms with Crippen LogP contribution < -0.4 is 0 Å². The monoisotopic (exact) mass is 390 g/mol.